The van der Waals surface area contributed by atoms with Gasteiger partial charge in [-0.1, -0.05) is 4.68 Å². The van der Waals surface area contributed by atoms with Crippen LogP contribution in [0.25, 0.3) is 0 Å². The molecule has 9 heteroatoms. The van der Waals surface area contributed by atoms with Crippen LogP contribution in [0.1, 0.15) is 5.69 Å². The van der Waals surface area contributed by atoms with Crippen LogP contribution in [-0.2, 0) is 12.5 Å². The molecule has 1 heterocycles. The number of aromatic nitrogens is 3. The van der Waals surface area contributed by atoms with E-state index in [9.17, 15) is 26.3 Å². The average molecular weight is 206 g/mol. The molecule has 0 aromatic carbocycles. The summed E-state index contributed by atoms with van der Waals surface area (Å²) in [6, 6.07) is 0. The van der Waals surface area contributed by atoms with E-state index in [0.29, 0.717) is 0 Å². The van der Waals surface area contributed by atoms with E-state index < -0.39 is 22.9 Å². The molecule has 0 bridgehead atoms. The molecule has 0 saturated heterocycles. The van der Waals surface area contributed by atoms with Crippen molar-refractivity contribution in [1.82, 2.24) is 10.3 Å². The first-order valence-electron chi connectivity index (χ1n) is 2.83. The second-order valence-electron chi connectivity index (χ2n) is 2.06. The Morgan fingerprint density at radius 1 is 1.15 bits per heavy atom. The highest BCUT2D eigenvalue weighted by Crippen LogP contribution is 2.26. The molecule has 1 aromatic heterocycles. The number of halogens is 6. The van der Waals surface area contributed by atoms with Crippen LogP contribution in [0.15, 0.2) is 6.20 Å². The van der Waals surface area contributed by atoms with E-state index in [-0.39, 0.29) is 6.20 Å². The van der Waals surface area contributed by atoms with Gasteiger partial charge in [0.2, 0.25) is 0 Å². The van der Waals surface area contributed by atoms with Crippen molar-refractivity contribution < 1.29 is 31.0 Å². The number of aromatic amines is 1. The highest BCUT2D eigenvalue weighted by atomic mass is 19.4. The van der Waals surface area contributed by atoms with Crippen molar-refractivity contribution in [3.63, 3.8) is 0 Å². The lowest BCUT2D eigenvalue weighted by Crippen LogP contribution is -2.48. The fourth-order valence-electron chi connectivity index (χ4n) is 0.554. The van der Waals surface area contributed by atoms with Crippen LogP contribution in [0, 0.1) is 0 Å². The van der Waals surface area contributed by atoms with E-state index in [0.717, 1.165) is 0 Å². The Labute approximate surface area is 66.9 Å². The lowest BCUT2D eigenvalue weighted by Gasteiger charge is -1.96. The zero-order valence-corrected chi connectivity index (χ0v) is 5.74. The van der Waals surface area contributed by atoms with Gasteiger partial charge >= 0.3 is 18.2 Å². The van der Waals surface area contributed by atoms with Gasteiger partial charge in [0.05, 0.1) is 5.10 Å². The highest BCUT2D eigenvalue weighted by Gasteiger charge is 2.46. The number of rotatable bonds is 0. The number of nitrogens with zero attached hydrogens (tertiary/aromatic N) is 2. The Morgan fingerprint density at radius 3 is 1.92 bits per heavy atom. The summed E-state index contributed by atoms with van der Waals surface area (Å²) in [5, 5.41) is 3.62. The lowest BCUT2D eigenvalue weighted by molar-refractivity contribution is -0.896. The topological polar surface area (TPSA) is 32.6 Å². The minimum atomic E-state index is -4.92. The molecule has 0 aliphatic carbocycles. The Balaban J connectivity index is 3.01. The summed E-state index contributed by atoms with van der Waals surface area (Å²) in [7, 11) is 0. The van der Waals surface area contributed by atoms with Gasteiger partial charge < -0.3 is 0 Å². The maximum Gasteiger partial charge on any atom is 0.585 e. The fourth-order valence-corrected chi connectivity index (χ4v) is 0.554. The van der Waals surface area contributed by atoms with Gasteiger partial charge in [0.15, 0.2) is 6.20 Å². The van der Waals surface area contributed by atoms with Gasteiger partial charge in [0.25, 0.3) is 0 Å². The van der Waals surface area contributed by atoms with Gasteiger partial charge in [-0.2, -0.15) is 13.2 Å². The summed E-state index contributed by atoms with van der Waals surface area (Å²) in [6.45, 7) is 0. The third-order valence-corrected chi connectivity index (χ3v) is 1.09. The predicted octanol–water partition coefficient (Wildman–Crippen LogP) is 1.19. The van der Waals surface area contributed by atoms with Crippen molar-refractivity contribution in [3.05, 3.63) is 11.9 Å². The molecular formula is C4H2F6N3+. The molecule has 1 rings (SSSR count). The van der Waals surface area contributed by atoms with Crippen molar-refractivity contribution in [2.75, 3.05) is 0 Å². The number of alkyl halides is 6. The molecule has 1 N–H and O–H groups in total. The van der Waals surface area contributed by atoms with Gasteiger partial charge in [-0.25, -0.2) is 0 Å². The summed E-state index contributed by atoms with van der Waals surface area (Å²) in [5.41, 5.74) is -1.62. The zero-order valence-electron chi connectivity index (χ0n) is 5.74. The standard InChI is InChI=1S/C4HF6N3/c5-3(6,7)2-1-13(12-11-2)4(8,9)10/h1H/p+1. The molecule has 13 heavy (non-hydrogen) atoms. The second kappa shape index (κ2) is 2.60. The normalized spacial score (nSPS) is 13.4. The van der Waals surface area contributed by atoms with Crippen LogP contribution in [-0.4, -0.2) is 10.3 Å². The maximum absolute atomic E-state index is 11.7. The van der Waals surface area contributed by atoms with E-state index in [1.165, 1.54) is 5.21 Å². The zero-order chi connectivity index (χ0) is 10.3. The molecular weight excluding hydrogens is 204 g/mol. The monoisotopic (exact) mass is 206 g/mol. The predicted molar refractivity (Wildman–Crippen MR) is 25.1 cm³/mol. The average Bonchev–Trinajstić information content (AvgIpc) is 2.28. The molecule has 1 aromatic rings. The first kappa shape index (κ1) is 9.81. The Bertz CT molecular complexity index is 267. The van der Waals surface area contributed by atoms with Crippen molar-refractivity contribution in [2.45, 2.75) is 12.5 Å². The number of H-pyrrole nitrogens is 1. The largest absolute Gasteiger partial charge is 0.585 e. The van der Waals surface area contributed by atoms with Gasteiger partial charge in [0.1, 0.15) is 0 Å². The van der Waals surface area contributed by atoms with E-state index in [1.807, 2.05) is 0 Å². The number of hydrogen-bond acceptors (Lipinski definition) is 1. The first-order valence-corrected chi connectivity index (χ1v) is 2.83. The van der Waals surface area contributed by atoms with Crippen LogP contribution in [0.2, 0.25) is 0 Å². The molecule has 74 valence electrons. The smallest absolute Gasteiger partial charge is 0.162 e. The molecule has 0 saturated carbocycles. The first-order chi connectivity index (χ1) is 5.71. The van der Waals surface area contributed by atoms with Gasteiger partial charge in [0, 0.05) is 0 Å². The number of nitrogens with one attached hydrogen (secondary N) is 1. The summed E-state index contributed by atoms with van der Waals surface area (Å²) >= 11 is 0. The quantitative estimate of drug-likeness (QED) is 0.502. The van der Waals surface area contributed by atoms with Crippen molar-refractivity contribution >= 4 is 0 Å². The Hall–Kier alpha value is -1.28. The molecule has 0 aliphatic rings. The molecule has 0 aliphatic heterocycles. The Morgan fingerprint density at radius 2 is 1.69 bits per heavy atom. The van der Waals surface area contributed by atoms with Crippen LogP contribution < -0.4 is 4.68 Å². The van der Waals surface area contributed by atoms with Crippen molar-refractivity contribution in [1.29, 1.82) is 0 Å². The molecule has 3 nitrogen and oxygen atoms in total. The van der Waals surface area contributed by atoms with Gasteiger partial charge in [-0.15, -0.1) is 13.2 Å². The van der Waals surface area contributed by atoms with Crippen LogP contribution >= 0.6 is 0 Å². The third-order valence-electron chi connectivity index (χ3n) is 1.09. The second-order valence-corrected chi connectivity index (χ2v) is 2.06. The molecule has 0 spiro atoms. The van der Waals surface area contributed by atoms with E-state index in [2.05, 4.69) is 5.10 Å². The number of hydrogen-bond donors (Lipinski definition) is 1. The van der Waals surface area contributed by atoms with E-state index in [4.69, 9.17) is 0 Å². The summed E-state index contributed by atoms with van der Waals surface area (Å²) < 4.78 is 69.6. The summed E-state index contributed by atoms with van der Waals surface area (Å²) in [5.74, 6) is 0. The van der Waals surface area contributed by atoms with Gasteiger partial charge in [-0.3, -0.25) is 0 Å². The van der Waals surface area contributed by atoms with Crippen LogP contribution in [0.4, 0.5) is 26.3 Å². The van der Waals surface area contributed by atoms with E-state index >= 15 is 0 Å². The van der Waals surface area contributed by atoms with Crippen molar-refractivity contribution in [2.24, 2.45) is 0 Å². The van der Waals surface area contributed by atoms with E-state index in [1.54, 1.807) is 0 Å². The molecule has 0 radical (unpaired) electrons. The fraction of sp³-hybridized carbons (Fsp3) is 0.500. The lowest BCUT2D eigenvalue weighted by atomic mass is 10.5. The molecule has 0 fully saturated rings. The van der Waals surface area contributed by atoms with Crippen LogP contribution in [0.3, 0.4) is 0 Å². The molecule has 0 unspecified atom stereocenters. The SMILES string of the molecule is FC(F)(F)c1c[n+](C(F)(F)F)[nH]n1. The minimum absolute atomic E-state index is 0.167. The maximum atomic E-state index is 11.7. The van der Waals surface area contributed by atoms with Crippen molar-refractivity contribution in [3.8, 4) is 0 Å². The molecule has 0 atom stereocenters. The van der Waals surface area contributed by atoms with Gasteiger partial charge in [-0.05, 0) is 5.21 Å². The Kier molecular flexibility index (Phi) is 1.96. The highest BCUT2D eigenvalue weighted by molar-refractivity contribution is 4.92. The minimum Gasteiger partial charge on any atom is -0.162 e. The summed E-state index contributed by atoms with van der Waals surface area (Å²) in [4.78, 5) is 0. The molecule has 0 amide bonds. The third kappa shape index (κ3) is 2.10. The van der Waals surface area contributed by atoms with Crippen LogP contribution in [0.5, 0.6) is 0 Å². The summed E-state index contributed by atoms with van der Waals surface area (Å²) in [6.07, 6.45) is -9.97.